The summed E-state index contributed by atoms with van der Waals surface area (Å²) < 4.78 is 12.2. The van der Waals surface area contributed by atoms with Crippen molar-refractivity contribution in [2.24, 2.45) is 5.73 Å². The van der Waals surface area contributed by atoms with Gasteiger partial charge in [0.2, 0.25) is 0 Å². The SMILES string of the molecule is N#C[C@H]1C[C@@H](N)[C@@H](Nc2nc3c4c(ccc3s2)OCC4)CO1. The minimum Gasteiger partial charge on any atom is -0.493 e. The minimum atomic E-state index is -0.399. The van der Waals surface area contributed by atoms with Crippen LogP contribution in [-0.4, -0.2) is 36.4 Å². The number of rotatable bonds is 2. The first-order valence-electron chi connectivity index (χ1n) is 7.33. The van der Waals surface area contributed by atoms with Crippen molar-refractivity contribution in [3.05, 3.63) is 17.7 Å². The maximum atomic E-state index is 8.90. The van der Waals surface area contributed by atoms with E-state index in [0.717, 1.165) is 34.1 Å². The number of nitrogens with two attached hydrogens (primary N) is 1. The molecule has 7 heteroatoms. The lowest BCUT2D eigenvalue weighted by Gasteiger charge is -2.31. The Bertz CT molecular complexity index is 754. The summed E-state index contributed by atoms with van der Waals surface area (Å²) in [5.74, 6) is 0.943. The summed E-state index contributed by atoms with van der Waals surface area (Å²) in [6, 6.07) is 6.04. The van der Waals surface area contributed by atoms with Crippen molar-refractivity contribution in [2.45, 2.75) is 31.0 Å². The third-order valence-corrected chi connectivity index (χ3v) is 5.12. The van der Waals surface area contributed by atoms with Crippen molar-refractivity contribution >= 4 is 26.7 Å². The van der Waals surface area contributed by atoms with Gasteiger partial charge >= 0.3 is 0 Å². The predicted molar refractivity (Wildman–Crippen MR) is 84.2 cm³/mol. The highest BCUT2D eigenvalue weighted by molar-refractivity contribution is 7.22. The maximum Gasteiger partial charge on any atom is 0.184 e. The first-order valence-corrected chi connectivity index (χ1v) is 8.15. The molecule has 2 aliphatic rings. The molecule has 114 valence electrons. The van der Waals surface area contributed by atoms with E-state index in [1.54, 1.807) is 11.3 Å². The third kappa shape index (κ3) is 2.29. The summed E-state index contributed by atoms with van der Waals surface area (Å²) in [6.45, 7) is 1.15. The molecule has 1 aromatic heterocycles. The van der Waals surface area contributed by atoms with Crippen LogP contribution in [0.1, 0.15) is 12.0 Å². The molecule has 22 heavy (non-hydrogen) atoms. The van der Waals surface area contributed by atoms with Crippen LogP contribution in [0.2, 0.25) is 0 Å². The van der Waals surface area contributed by atoms with E-state index in [1.807, 2.05) is 12.1 Å². The lowest BCUT2D eigenvalue weighted by atomic mass is 10.0. The molecule has 3 N–H and O–H groups in total. The van der Waals surface area contributed by atoms with E-state index in [2.05, 4.69) is 11.4 Å². The summed E-state index contributed by atoms with van der Waals surface area (Å²) in [4.78, 5) is 4.70. The molecule has 0 saturated carbocycles. The van der Waals surface area contributed by atoms with Crippen molar-refractivity contribution in [1.29, 1.82) is 5.26 Å². The average Bonchev–Trinajstić information content (AvgIpc) is 3.14. The normalized spacial score (nSPS) is 27.2. The third-order valence-electron chi connectivity index (χ3n) is 4.17. The number of fused-ring (bicyclic) bond motifs is 3. The highest BCUT2D eigenvalue weighted by Crippen LogP contribution is 2.36. The number of nitrogens with zero attached hydrogens (tertiary/aromatic N) is 2. The van der Waals surface area contributed by atoms with Crippen LogP contribution < -0.4 is 15.8 Å². The first-order chi connectivity index (χ1) is 10.7. The van der Waals surface area contributed by atoms with Crippen LogP contribution in [-0.2, 0) is 11.2 Å². The van der Waals surface area contributed by atoms with Gasteiger partial charge in [-0.1, -0.05) is 11.3 Å². The second kappa shape index (κ2) is 5.39. The zero-order chi connectivity index (χ0) is 15.1. The molecule has 0 unspecified atom stereocenters. The van der Waals surface area contributed by atoms with Crippen LogP contribution in [0.25, 0.3) is 10.2 Å². The molecule has 1 aromatic carbocycles. The van der Waals surface area contributed by atoms with E-state index in [0.29, 0.717) is 13.0 Å². The lowest BCUT2D eigenvalue weighted by Crippen LogP contribution is -2.50. The van der Waals surface area contributed by atoms with Gasteiger partial charge in [0.25, 0.3) is 0 Å². The number of thiazole rings is 1. The molecular weight excluding hydrogens is 300 g/mol. The van der Waals surface area contributed by atoms with Gasteiger partial charge in [0.05, 0.1) is 35.5 Å². The second-order valence-electron chi connectivity index (χ2n) is 5.61. The van der Waals surface area contributed by atoms with Gasteiger partial charge in [0.15, 0.2) is 5.13 Å². The van der Waals surface area contributed by atoms with Gasteiger partial charge in [-0.25, -0.2) is 4.98 Å². The number of ether oxygens (including phenoxy) is 2. The lowest BCUT2D eigenvalue weighted by molar-refractivity contribution is 0.0339. The molecule has 3 heterocycles. The highest BCUT2D eigenvalue weighted by atomic mass is 32.1. The number of benzene rings is 1. The molecular formula is C15H16N4O2S. The van der Waals surface area contributed by atoms with Crippen LogP contribution in [0.4, 0.5) is 5.13 Å². The summed E-state index contributed by atoms with van der Waals surface area (Å²) in [5.41, 5.74) is 8.35. The van der Waals surface area contributed by atoms with E-state index in [-0.39, 0.29) is 12.1 Å². The molecule has 0 amide bonds. The van der Waals surface area contributed by atoms with E-state index in [9.17, 15) is 0 Å². The Labute approximate surface area is 131 Å². The molecule has 1 fully saturated rings. The average molecular weight is 316 g/mol. The van der Waals surface area contributed by atoms with Gasteiger partial charge in [0.1, 0.15) is 11.9 Å². The molecule has 2 aliphatic heterocycles. The van der Waals surface area contributed by atoms with Gasteiger partial charge in [0, 0.05) is 24.4 Å². The van der Waals surface area contributed by atoms with Crippen molar-refractivity contribution in [2.75, 3.05) is 18.5 Å². The van der Waals surface area contributed by atoms with E-state index in [1.165, 1.54) is 5.56 Å². The van der Waals surface area contributed by atoms with Crippen molar-refractivity contribution in [1.82, 2.24) is 4.98 Å². The van der Waals surface area contributed by atoms with E-state index < -0.39 is 6.10 Å². The van der Waals surface area contributed by atoms with Crippen molar-refractivity contribution in [3.63, 3.8) is 0 Å². The maximum absolute atomic E-state index is 8.90. The molecule has 0 radical (unpaired) electrons. The Morgan fingerprint density at radius 2 is 2.36 bits per heavy atom. The zero-order valence-electron chi connectivity index (χ0n) is 11.9. The van der Waals surface area contributed by atoms with Gasteiger partial charge < -0.3 is 20.5 Å². The van der Waals surface area contributed by atoms with Crippen molar-refractivity contribution in [3.8, 4) is 11.8 Å². The highest BCUT2D eigenvalue weighted by Gasteiger charge is 2.29. The molecule has 1 saturated heterocycles. The van der Waals surface area contributed by atoms with Crippen LogP contribution in [0.15, 0.2) is 12.1 Å². The molecule has 0 bridgehead atoms. The van der Waals surface area contributed by atoms with Gasteiger partial charge in [-0.3, -0.25) is 0 Å². The van der Waals surface area contributed by atoms with Crippen LogP contribution in [0.5, 0.6) is 5.75 Å². The number of nitriles is 1. The van der Waals surface area contributed by atoms with Gasteiger partial charge in [-0.05, 0) is 12.1 Å². The molecule has 2 aromatic rings. The predicted octanol–water partition coefficient (Wildman–Crippen LogP) is 1.65. The molecule has 6 nitrogen and oxygen atoms in total. The number of hydrogen-bond acceptors (Lipinski definition) is 7. The Morgan fingerprint density at radius 1 is 1.45 bits per heavy atom. The topological polar surface area (TPSA) is 93.2 Å². The fourth-order valence-electron chi connectivity index (χ4n) is 2.95. The fourth-order valence-corrected chi connectivity index (χ4v) is 3.91. The molecule has 4 rings (SSSR count). The summed E-state index contributed by atoms with van der Waals surface area (Å²) in [6.07, 6.45) is 1.05. The van der Waals surface area contributed by atoms with Gasteiger partial charge in [-0.15, -0.1) is 0 Å². The zero-order valence-corrected chi connectivity index (χ0v) is 12.7. The Balaban J connectivity index is 1.57. The van der Waals surface area contributed by atoms with Crippen LogP contribution in [0, 0.1) is 11.3 Å². The largest absolute Gasteiger partial charge is 0.493 e. The number of hydrogen-bond donors (Lipinski definition) is 2. The summed E-state index contributed by atoms with van der Waals surface area (Å²) >= 11 is 1.61. The second-order valence-corrected chi connectivity index (χ2v) is 6.64. The summed E-state index contributed by atoms with van der Waals surface area (Å²) in [5, 5.41) is 13.1. The smallest absolute Gasteiger partial charge is 0.184 e. The first kappa shape index (κ1) is 13.8. The molecule has 0 spiro atoms. The van der Waals surface area contributed by atoms with Gasteiger partial charge in [-0.2, -0.15) is 5.26 Å². The van der Waals surface area contributed by atoms with Crippen molar-refractivity contribution < 1.29 is 9.47 Å². The Hall–Kier alpha value is -1.88. The number of anilines is 1. The van der Waals surface area contributed by atoms with Crippen LogP contribution in [0.3, 0.4) is 0 Å². The Morgan fingerprint density at radius 3 is 3.18 bits per heavy atom. The molecule has 3 atom stereocenters. The van der Waals surface area contributed by atoms with E-state index >= 15 is 0 Å². The number of nitrogens with one attached hydrogen (secondary N) is 1. The fraction of sp³-hybridized carbons (Fsp3) is 0.467. The minimum absolute atomic E-state index is 0.0190. The molecule has 0 aliphatic carbocycles. The van der Waals surface area contributed by atoms with Crippen LogP contribution >= 0.6 is 11.3 Å². The number of aromatic nitrogens is 1. The Kier molecular flexibility index (Phi) is 3.37. The standard InChI is InChI=1S/C15H16N4O2S/c16-6-8-5-10(17)11(7-21-8)18-15-19-14-9-3-4-20-12(9)1-2-13(14)22-15/h1-2,8,10-11H,3-5,7,17H2,(H,18,19)/t8-,10-,11+/m1/s1. The summed E-state index contributed by atoms with van der Waals surface area (Å²) in [7, 11) is 0. The van der Waals surface area contributed by atoms with E-state index in [4.69, 9.17) is 25.5 Å². The quantitative estimate of drug-likeness (QED) is 0.875. The monoisotopic (exact) mass is 316 g/mol.